The van der Waals surface area contributed by atoms with Crippen LogP contribution in [0, 0.1) is 0 Å². The number of thioether (sulfide) groups is 1. The van der Waals surface area contributed by atoms with Gasteiger partial charge in [0.2, 0.25) is 0 Å². The van der Waals surface area contributed by atoms with Gasteiger partial charge in [-0.25, -0.2) is 9.59 Å². The summed E-state index contributed by atoms with van der Waals surface area (Å²) in [5.41, 5.74) is -0.0756. The fourth-order valence-electron chi connectivity index (χ4n) is 0.892. The predicted molar refractivity (Wildman–Crippen MR) is 70.5 cm³/mol. The van der Waals surface area contributed by atoms with Gasteiger partial charge in [0.05, 0.1) is 0 Å². The minimum Gasteiger partial charge on any atom is -0.478 e. The highest BCUT2D eigenvalue weighted by Crippen LogP contribution is 2.04. The SMILES string of the molecule is CSC(C)CNC(=O)NC(=O)C(C)=C(C)C(=O)O. The second kappa shape index (κ2) is 7.75. The van der Waals surface area contributed by atoms with Crippen LogP contribution in [0.2, 0.25) is 0 Å². The van der Waals surface area contributed by atoms with Crippen LogP contribution >= 0.6 is 11.8 Å². The van der Waals surface area contributed by atoms with Gasteiger partial charge in [0, 0.05) is 22.9 Å². The highest BCUT2D eigenvalue weighted by Gasteiger charge is 2.15. The number of rotatable bonds is 5. The van der Waals surface area contributed by atoms with Crippen molar-refractivity contribution >= 4 is 29.7 Å². The van der Waals surface area contributed by atoms with E-state index in [0.29, 0.717) is 6.54 Å². The Morgan fingerprint density at radius 3 is 2.22 bits per heavy atom. The summed E-state index contributed by atoms with van der Waals surface area (Å²) in [6.45, 7) is 5.04. The molecule has 0 saturated carbocycles. The fourth-order valence-corrected chi connectivity index (χ4v) is 1.14. The molecule has 6 nitrogen and oxygen atoms in total. The number of carbonyl (C=O) groups is 3. The molecule has 0 aromatic carbocycles. The van der Waals surface area contributed by atoms with Crippen molar-refractivity contribution in [1.29, 1.82) is 0 Å². The normalized spacial score (nSPS) is 13.3. The lowest BCUT2D eigenvalue weighted by atomic mass is 10.1. The zero-order valence-electron chi connectivity index (χ0n) is 10.9. The summed E-state index contributed by atoms with van der Waals surface area (Å²) in [5, 5.41) is 13.5. The van der Waals surface area contributed by atoms with Gasteiger partial charge in [0.25, 0.3) is 5.91 Å². The standard InChI is InChI=1S/C11H18N2O4S/c1-6(18-4)5-12-11(17)13-9(14)7(2)8(3)10(15)16/h6H,5H2,1-4H3,(H,15,16)(H2,12,13,14,17). The molecule has 0 aliphatic carbocycles. The number of imide groups is 1. The average Bonchev–Trinajstić information content (AvgIpc) is 2.33. The molecule has 0 spiro atoms. The maximum absolute atomic E-state index is 11.5. The Bertz CT molecular complexity index is 379. The monoisotopic (exact) mass is 274 g/mol. The summed E-state index contributed by atoms with van der Waals surface area (Å²) in [4.78, 5) is 33.5. The van der Waals surface area contributed by atoms with Crippen molar-refractivity contribution in [3.8, 4) is 0 Å². The van der Waals surface area contributed by atoms with Crippen LogP contribution in [0.4, 0.5) is 4.79 Å². The first kappa shape index (κ1) is 16.5. The fraction of sp³-hybridized carbons (Fsp3) is 0.545. The van der Waals surface area contributed by atoms with Gasteiger partial charge in [-0.2, -0.15) is 11.8 Å². The molecule has 0 aromatic rings. The van der Waals surface area contributed by atoms with Gasteiger partial charge in [-0.05, 0) is 20.1 Å². The summed E-state index contributed by atoms with van der Waals surface area (Å²) in [6, 6.07) is -0.626. The largest absolute Gasteiger partial charge is 0.478 e. The van der Waals surface area contributed by atoms with Crippen molar-refractivity contribution in [2.75, 3.05) is 12.8 Å². The number of hydrogen-bond acceptors (Lipinski definition) is 4. The van der Waals surface area contributed by atoms with E-state index in [1.54, 1.807) is 11.8 Å². The third-order valence-corrected chi connectivity index (χ3v) is 3.37. The Morgan fingerprint density at radius 1 is 1.22 bits per heavy atom. The van der Waals surface area contributed by atoms with Gasteiger partial charge in [0.1, 0.15) is 0 Å². The number of hydrogen-bond donors (Lipinski definition) is 3. The second-order valence-corrected chi connectivity index (χ2v) is 5.04. The van der Waals surface area contributed by atoms with E-state index < -0.39 is 17.9 Å². The molecule has 0 bridgehead atoms. The maximum atomic E-state index is 11.5. The lowest BCUT2D eigenvalue weighted by Crippen LogP contribution is -2.42. The first-order valence-corrected chi connectivity index (χ1v) is 6.61. The van der Waals surface area contributed by atoms with Crippen LogP contribution in [0.25, 0.3) is 0 Å². The number of carboxylic acid groups (broad SMARTS) is 1. The molecule has 1 atom stereocenters. The molecule has 3 amide bonds. The van der Waals surface area contributed by atoms with Crippen LogP contribution in [0.1, 0.15) is 20.8 Å². The molecule has 0 heterocycles. The van der Waals surface area contributed by atoms with Gasteiger partial charge < -0.3 is 10.4 Å². The van der Waals surface area contributed by atoms with Crippen molar-refractivity contribution in [2.24, 2.45) is 0 Å². The first-order chi connectivity index (χ1) is 8.29. The molecule has 0 rings (SSSR count). The van der Waals surface area contributed by atoms with Gasteiger partial charge in [-0.1, -0.05) is 6.92 Å². The quantitative estimate of drug-likeness (QED) is 0.650. The van der Waals surface area contributed by atoms with Gasteiger partial charge in [-0.3, -0.25) is 10.1 Å². The van der Waals surface area contributed by atoms with Gasteiger partial charge >= 0.3 is 12.0 Å². The van der Waals surface area contributed by atoms with Crippen LogP contribution in [0.5, 0.6) is 0 Å². The first-order valence-electron chi connectivity index (χ1n) is 5.32. The average molecular weight is 274 g/mol. The molecular weight excluding hydrogens is 256 g/mol. The van der Waals surface area contributed by atoms with Gasteiger partial charge in [0.15, 0.2) is 0 Å². The zero-order valence-corrected chi connectivity index (χ0v) is 11.7. The lowest BCUT2D eigenvalue weighted by Gasteiger charge is -2.10. The van der Waals surface area contributed by atoms with Crippen molar-refractivity contribution < 1.29 is 19.5 Å². The summed E-state index contributed by atoms with van der Waals surface area (Å²) < 4.78 is 0. The van der Waals surface area contributed by atoms with Gasteiger partial charge in [-0.15, -0.1) is 0 Å². The Balaban J connectivity index is 4.37. The molecule has 0 radical (unpaired) electrons. The van der Waals surface area contributed by atoms with E-state index in [-0.39, 0.29) is 16.4 Å². The van der Waals surface area contributed by atoms with Crippen LogP contribution in [-0.2, 0) is 9.59 Å². The Kier molecular flexibility index (Phi) is 7.11. The Hall–Kier alpha value is -1.50. The number of amides is 3. The van der Waals surface area contributed by atoms with Crippen molar-refractivity contribution in [3.63, 3.8) is 0 Å². The third-order valence-electron chi connectivity index (χ3n) is 2.40. The smallest absolute Gasteiger partial charge is 0.331 e. The number of carbonyl (C=O) groups excluding carboxylic acids is 2. The van der Waals surface area contributed by atoms with Crippen LogP contribution in [0.3, 0.4) is 0 Å². The molecule has 0 saturated heterocycles. The molecule has 3 N–H and O–H groups in total. The summed E-state index contributed by atoms with van der Waals surface area (Å²) >= 11 is 1.59. The number of aliphatic carboxylic acids is 1. The summed E-state index contributed by atoms with van der Waals surface area (Å²) in [6.07, 6.45) is 1.92. The summed E-state index contributed by atoms with van der Waals surface area (Å²) in [5.74, 6) is -1.89. The topological polar surface area (TPSA) is 95.5 Å². The van der Waals surface area contributed by atoms with Crippen molar-refractivity contribution in [2.45, 2.75) is 26.0 Å². The van der Waals surface area contributed by atoms with Crippen molar-refractivity contribution in [1.82, 2.24) is 10.6 Å². The molecule has 18 heavy (non-hydrogen) atoms. The second-order valence-electron chi connectivity index (χ2n) is 3.77. The summed E-state index contributed by atoms with van der Waals surface area (Å²) in [7, 11) is 0. The Morgan fingerprint density at radius 2 is 1.78 bits per heavy atom. The molecule has 0 aromatic heterocycles. The molecular formula is C11H18N2O4S. The molecule has 0 aliphatic heterocycles. The molecule has 1 unspecified atom stereocenters. The van der Waals surface area contributed by atoms with Crippen LogP contribution in [0.15, 0.2) is 11.1 Å². The molecule has 102 valence electrons. The number of nitrogens with one attached hydrogen (secondary N) is 2. The highest BCUT2D eigenvalue weighted by molar-refractivity contribution is 7.99. The van der Waals surface area contributed by atoms with Crippen molar-refractivity contribution in [3.05, 3.63) is 11.1 Å². The zero-order chi connectivity index (χ0) is 14.3. The third kappa shape index (κ3) is 5.72. The van der Waals surface area contributed by atoms with E-state index in [2.05, 4.69) is 10.6 Å². The van der Waals surface area contributed by atoms with E-state index >= 15 is 0 Å². The maximum Gasteiger partial charge on any atom is 0.331 e. The van der Waals surface area contributed by atoms with E-state index in [1.807, 2.05) is 13.2 Å². The number of carboxylic acids is 1. The van der Waals surface area contributed by atoms with Crippen LogP contribution in [-0.4, -0.2) is 41.1 Å². The minimum absolute atomic E-state index is 0.00978. The van der Waals surface area contributed by atoms with E-state index in [4.69, 9.17) is 5.11 Å². The lowest BCUT2D eigenvalue weighted by molar-refractivity contribution is -0.133. The Labute approximate surface area is 110 Å². The van der Waals surface area contributed by atoms with E-state index in [0.717, 1.165) is 0 Å². The molecule has 0 aliphatic rings. The van der Waals surface area contributed by atoms with E-state index in [9.17, 15) is 14.4 Å². The molecule has 0 fully saturated rings. The predicted octanol–water partition coefficient (Wildman–Crippen LogP) is 0.985. The minimum atomic E-state index is -1.18. The van der Waals surface area contributed by atoms with Crippen LogP contribution < -0.4 is 10.6 Å². The highest BCUT2D eigenvalue weighted by atomic mass is 32.2. The van der Waals surface area contributed by atoms with E-state index in [1.165, 1.54) is 13.8 Å². The molecule has 7 heteroatoms. The number of urea groups is 1.